The van der Waals surface area contributed by atoms with Gasteiger partial charge in [-0.3, -0.25) is 0 Å². The normalized spacial score (nSPS) is 20.2. The predicted octanol–water partition coefficient (Wildman–Crippen LogP) is 3.07. The first kappa shape index (κ1) is 11.5. The van der Waals surface area contributed by atoms with Crippen molar-refractivity contribution >= 4 is 0 Å². The summed E-state index contributed by atoms with van der Waals surface area (Å²) in [6, 6.07) is 5.95. The molecule has 2 nitrogen and oxygen atoms in total. The van der Waals surface area contributed by atoms with Crippen molar-refractivity contribution in [2.24, 2.45) is 0 Å². The maximum Gasteiger partial charge on any atom is 0.118 e. The van der Waals surface area contributed by atoms with Crippen LogP contribution in [0.1, 0.15) is 37.3 Å². The molecule has 1 atom stereocenters. The fraction of sp³-hybridized carbons (Fsp3) is 0.571. The second-order valence-corrected chi connectivity index (χ2v) is 4.55. The molecule has 0 spiro atoms. The van der Waals surface area contributed by atoms with E-state index in [1.807, 2.05) is 12.1 Å². The van der Waals surface area contributed by atoms with Crippen LogP contribution in [-0.2, 0) is 17.6 Å². The van der Waals surface area contributed by atoms with Crippen LogP contribution in [0.4, 0.5) is 0 Å². The Labute approximate surface area is 97.3 Å². The van der Waals surface area contributed by atoms with E-state index in [-0.39, 0.29) is 0 Å². The van der Waals surface area contributed by atoms with Crippen LogP contribution in [-0.4, -0.2) is 17.8 Å². The molecule has 1 heterocycles. The van der Waals surface area contributed by atoms with E-state index in [2.05, 4.69) is 13.0 Å². The highest BCUT2D eigenvalue weighted by Crippen LogP contribution is 2.23. The van der Waals surface area contributed by atoms with Gasteiger partial charge in [0.2, 0.25) is 0 Å². The van der Waals surface area contributed by atoms with E-state index >= 15 is 0 Å². The highest BCUT2D eigenvalue weighted by molar-refractivity contribution is 5.36. The van der Waals surface area contributed by atoms with Gasteiger partial charge < -0.3 is 9.84 Å². The summed E-state index contributed by atoms with van der Waals surface area (Å²) >= 11 is 0. The molecule has 0 amide bonds. The largest absolute Gasteiger partial charge is 0.508 e. The summed E-state index contributed by atoms with van der Waals surface area (Å²) in [5.41, 5.74) is 2.35. The Bertz CT molecular complexity index is 341. The minimum atomic E-state index is 0.388. The van der Waals surface area contributed by atoms with Gasteiger partial charge in [0.1, 0.15) is 5.75 Å². The summed E-state index contributed by atoms with van der Waals surface area (Å²) in [5, 5.41) is 9.70. The van der Waals surface area contributed by atoms with Crippen molar-refractivity contribution in [2.75, 3.05) is 6.61 Å². The third-order valence-electron chi connectivity index (χ3n) is 3.15. The van der Waals surface area contributed by atoms with Gasteiger partial charge in [0.25, 0.3) is 0 Å². The topological polar surface area (TPSA) is 29.5 Å². The van der Waals surface area contributed by atoms with Crippen LogP contribution >= 0.6 is 0 Å². The first-order valence-corrected chi connectivity index (χ1v) is 6.22. The lowest BCUT2D eigenvalue weighted by atomic mass is 10.0. The fourth-order valence-corrected chi connectivity index (χ4v) is 2.30. The minimum absolute atomic E-state index is 0.388. The van der Waals surface area contributed by atoms with E-state index in [1.54, 1.807) is 0 Å². The van der Waals surface area contributed by atoms with Gasteiger partial charge in [-0.2, -0.15) is 0 Å². The number of hydrogen-bond acceptors (Lipinski definition) is 2. The molecule has 1 aromatic carbocycles. The SMILES string of the molecule is CCCc1cc(CC2CCCO2)ccc1O. The Hall–Kier alpha value is -1.02. The molecule has 1 aromatic rings. The number of benzene rings is 1. The minimum Gasteiger partial charge on any atom is -0.508 e. The third kappa shape index (κ3) is 2.76. The Kier molecular flexibility index (Phi) is 3.83. The molecule has 1 N–H and O–H groups in total. The van der Waals surface area contributed by atoms with Gasteiger partial charge in [0.05, 0.1) is 6.10 Å². The molecular weight excluding hydrogens is 200 g/mol. The molecule has 1 unspecified atom stereocenters. The third-order valence-corrected chi connectivity index (χ3v) is 3.15. The smallest absolute Gasteiger partial charge is 0.118 e. The van der Waals surface area contributed by atoms with Crippen molar-refractivity contribution in [2.45, 2.75) is 45.1 Å². The van der Waals surface area contributed by atoms with Crippen LogP contribution in [0.5, 0.6) is 5.75 Å². The Morgan fingerprint density at radius 1 is 1.44 bits per heavy atom. The van der Waals surface area contributed by atoms with Crippen molar-refractivity contribution in [3.63, 3.8) is 0 Å². The number of aryl methyl sites for hydroxylation is 1. The molecule has 1 aliphatic rings. The lowest BCUT2D eigenvalue weighted by Crippen LogP contribution is -2.08. The van der Waals surface area contributed by atoms with Crippen molar-refractivity contribution in [1.29, 1.82) is 0 Å². The Balaban J connectivity index is 2.05. The molecule has 2 heteroatoms. The highest BCUT2D eigenvalue weighted by Gasteiger charge is 2.16. The van der Waals surface area contributed by atoms with Gasteiger partial charge in [-0.25, -0.2) is 0 Å². The van der Waals surface area contributed by atoms with Crippen molar-refractivity contribution in [3.05, 3.63) is 29.3 Å². The molecule has 2 rings (SSSR count). The van der Waals surface area contributed by atoms with Gasteiger partial charge in [-0.05, 0) is 42.9 Å². The standard InChI is InChI=1S/C14H20O2/c1-2-4-12-9-11(6-7-14(12)15)10-13-5-3-8-16-13/h6-7,9,13,15H,2-5,8,10H2,1H3. The zero-order valence-electron chi connectivity index (χ0n) is 9.91. The zero-order valence-corrected chi connectivity index (χ0v) is 9.91. The maximum atomic E-state index is 9.70. The molecular formula is C14H20O2. The van der Waals surface area contributed by atoms with Crippen LogP contribution in [0.2, 0.25) is 0 Å². The van der Waals surface area contributed by atoms with E-state index < -0.39 is 0 Å². The van der Waals surface area contributed by atoms with Crippen LogP contribution in [0, 0.1) is 0 Å². The van der Waals surface area contributed by atoms with Crippen LogP contribution in [0.3, 0.4) is 0 Å². The number of ether oxygens (including phenoxy) is 1. The average Bonchev–Trinajstić information content (AvgIpc) is 2.76. The first-order valence-electron chi connectivity index (χ1n) is 6.22. The predicted molar refractivity (Wildman–Crippen MR) is 64.8 cm³/mol. The van der Waals surface area contributed by atoms with Crippen LogP contribution in [0.15, 0.2) is 18.2 Å². The monoisotopic (exact) mass is 220 g/mol. The second-order valence-electron chi connectivity index (χ2n) is 4.55. The number of phenols is 1. The molecule has 0 aromatic heterocycles. The highest BCUT2D eigenvalue weighted by atomic mass is 16.5. The quantitative estimate of drug-likeness (QED) is 0.845. The summed E-state index contributed by atoms with van der Waals surface area (Å²) in [6.45, 7) is 3.04. The van der Waals surface area contributed by atoms with Gasteiger partial charge >= 0.3 is 0 Å². The molecule has 0 bridgehead atoms. The van der Waals surface area contributed by atoms with E-state index in [0.29, 0.717) is 11.9 Å². The fourth-order valence-electron chi connectivity index (χ4n) is 2.30. The number of phenolic OH excluding ortho intramolecular Hbond substituents is 1. The number of hydrogen-bond donors (Lipinski definition) is 1. The first-order chi connectivity index (χ1) is 7.79. The Morgan fingerprint density at radius 2 is 2.31 bits per heavy atom. The van der Waals surface area contributed by atoms with Gasteiger partial charge in [-0.1, -0.05) is 25.5 Å². The van der Waals surface area contributed by atoms with Crippen molar-refractivity contribution in [3.8, 4) is 5.75 Å². The van der Waals surface area contributed by atoms with E-state index in [9.17, 15) is 5.11 Å². The molecule has 0 saturated carbocycles. The summed E-state index contributed by atoms with van der Waals surface area (Å²) in [5.74, 6) is 0.429. The Morgan fingerprint density at radius 3 is 3.00 bits per heavy atom. The molecule has 88 valence electrons. The number of rotatable bonds is 4. The van der Waals surface area contributed by atoms with E-state index in [1.165, 1.54) is 18.4 Å². The second kappa shape index (κ2) is 5.35. The lowest BCUT2D eigenvalue weighted by Gasteiger charge is -2.11. The van der Waals surface area contributed by atoms with Crippen molar-refractivity contribution < 1.29 is 9.84 Å². The van der Waals surface area contributed by atoms with E-state index in [0.717, 1.165) is 31.4 Å². The van der Waals surface area contributed by atoms with Crippen LogP contribution < -0.4 is 0 Å². The zero-order chi connectivity index (χ0) is 11.4. The van der Waals surface area contributed by atoms with Gasteiger partial charge in [0.15, 0.2) is 0 Å². The molecule has 16 heavy (non-hydrogen) atoms. The van der Waals surface area contributed by atoms with Gasteiger partial charge in [0, 0.05) is 6.61 Å². The summed E-state index contributed by atoms with van der Waals surface area (Å²) in [7, 11) is 0. The summed E-state index contributed by atoms with van der Waals surface area (Å²) < 4.78 is 5.62. The molecule has 0 aliphatic carbocycles. The van der Waals surface area contributed by atoms with E-state index in [4.69, 9.17) is 4.74 Å². The summed E-state index contributed by atoms with van der Waals surface area (Å²) in [6.07, 6.45) is 5.74. The molecule has 1 aliphatic heterocycles. The number of aromatic hydroxyl groups is 1. The average molecular weight is 220 g/mol. The lowest BCUT2D eigenvalue weighted by molar-refractivity contribution is 0.111. The molecule has 1 saturated heterocycles. The summed E-state index contributed by atoms with van der Waals surface area (Å²) in [4.78, 5) is 0. The van der Waals surface area contributed by atoms with Gasteiger partial charge in [-0.15, -0.1) is 0 Å². The molecule has 0 radical (unpaired) electrons. The molecule has 1 fully saturated rings. The maximum absolute atomic E-state index is 9.70. The van der Waals surface area contributed by atoms with Crippen molar-refractivity contribution in [1.82, 2.24) is 0 Å². The van der Waals surface area contributed by atoms with Crippen LogP contribution in [0.25, 0.3) is 0 Å².